The first-order chi connectivity index (χ1) is 17.9. The van der Waals surface area contributed by atoms with E-state index in [1.54, 1.807) is 35.0 Å². The lowest BCUT2D eigenvalue weighted by molar-refractivity contribution is 0.627. The van der Waals surface area contributed by atoms with Gasteiger partial charge in [0.15, 0.2) is 5.65 Å². The Kier molecular flexibility index (Phi) is 5.26. The topological polar surface area (TPSA) is 91.6 Å². The largest absolute Gasteiger partial charge is 0.383 e. The number of rotatable bonds is 4. The second-order valence-electron chi connectivity index (χ2n) is 8.74. The van der Waals surface area contributed by atoms with Crippen molar-refractivity contribution in [1.82, 2.24) is 24.3 Å². The highest BCUT2D eigenvalue weighted by Crippen LogP contribution is 2.31. The number of benzene rings is 3. The maximum atomic E-state index is 14.8. The minimum atomic E-state index is -0.588. The van der Waals surface area contributed by atoms with E-state index in [9.17, 15) is 13.6 Å². The molecule has 37 heavy (non-hydrogen) atoms. The number of anilines is 1. The van der Waals surface area contributed by atoms with E-state index >= 15 is 0 Å². The molecule has 6 rings (SSSR count). The van der Waals surface area contributed by atoms with Gasteiger partial charge in [-0.2, -0.15) is 5.10 Å². The molecule has 0 saturated heterocycles. The van der Waals surface area contributed by atoms with E-state index in [0.717, 1.165) is 5.56 Å². The van der Waals surface area contributed by atoms with Crippen LogP contribution in [0.4, 0.5) is 14.6 Å². The fraction of sp³-hybridized carbons (Fsp3) is 0.0714. The maximum Gasteiger partial charge on any atom is 0.266 e. The first-order valence-corrected chi connectivity index (χ1v) is 11.5. The average molecular weight is 495 g/mol. The predicted octanol–water partition coefficient (Wildman–Crippen LogP) is 5.01. The lowest BCUT2D eigenvalue weighted by Crippen LogP contribution is -2.25. The normalized spacial score (nSPS) is 11.4. The Bertz CT molecular complexity index is 1890. The van der Waals surface area contributed by atoms with Gasteiger partial charge in [0.2, 0.25) is 0 Å². The Hall–Kier alpha value is -4.92. The van der Waals surface area contributed by atoms with Gasteiger partial charge < -0.3 is 5.73 Å². The highest BCUT2D eigenvalue weighted by molar-refractivity contribution is 5.98. The lowest BCUT2D eigenvalue weighted by atomic mass is 10.1. The summed E-state index contributed by atoms with van der Waals surface area (Å²) in [5.74, 6) is -0.803. The van der Waals surface area contributed by atoms with Crippen LogP contribution in [0.25, 0.3) is 38.8 Å². The molecule has 7 nitrogen and oxygen atoms in total. The van der Waals surface area contributed by atoms with E-state index in [4.69, 9.17) is 10.8 Å². The quantitative estimate of drug-likeness (QED) is 0.372. The van der Waals surface area contributed by atoms with Crippen LogP contribution in [0.5, 0.6) is 0 Å². The number of para-hydroxylation sites is 1. The van der Waals surface area contributed by atoms with Crippen molar-refractivity contribution in [3.8, 4) is 16.9 Å². The highest BCUT2D eigenvalue weighted by atomic mass is 19.1. The maximum absolute atomic E-state index is 14.8. The van der Waals surface area contributed by atoms with Gasteiger partial charge >= 0.3 is 0 Å². The van der Waals surface area contributed by atoms with Crippen LogP contribution in [0, 0.1) is 18.6 Å². The van der Waals surface area contributed by atoms with Gasteiger partial charge in [0.25, 0.3) is 5.56 Å². The Morgan fingerprint density at radius 2 is 1.73 bits per heavy atom. The molecule has 0 unspecified atom stereocenters. The van der Waals surface area contributed by atoms with E-state index in [0.29, 0.717) is 39.1 Å². The van der Waals surface area contributed by atoms with Gasteiger partial charge in [-0.1, -0.05) is 42.5 Å². The number of hydrogen-bond donors (Lipinski definition) is 1. The molecule has 0 amide bonds. The Balaban J connectivity index is 1.63. The molecule has 0 aliphatic carbocycles. The molecule has 0 saturated carbocycles. The standard InChI is InChI=1S/C28H20F2N6O/c1-16-6-2-3-11-22(16)36-20(13-17-7-5-10-21(30)23(17)28(36)37)14-35-27-24(26(31)32-15-33-27)25(34-35)18-8-4-9-19(29)12-18/h2-13,15H,14H2,1H3,(H2,31,32,33). The number of pyridine rings is 1. The van der Waals surface area contributed by atoms with Crippen LogP contribution in [-0.4, -0.2) is 24.3 Å². The Labute approximate surface area is 209 Å². The van der Waals surface area contributed by atoms with Crippen molar-refractivity contribution in [2.45, 2.75) is 13.5 Å². The van der Waals surface area contributed by atoms with Gasteiger partial charge in [-0.05, 0) is 48.2 Å². The van der Waals surface area contributed by atoms with Crippen LogP contribution in [0.15, 0.2) is 83.9 Å². The van der Waals surface area contributed by atoms with Crippen molar-refractivity contribution in [3.05, 3.63) is 112 Å². The van der Waals surface area contributed by atoms with Crippen LogP contribution >= 0.6 is 0 Å². The number of hydrogen-bond acceptors (Lipinski definition) is 5. The van der Waals surface area contributed by atoms with Crippen molar-refractivity contribution in [3.63, 3.8) is 0 Å². The SMILES string of the molecule is Cc1ccccc1-n1c(Cn2nc(-c3cccc(F)c3)c3c(N)ncnc32)cc2cccc(F)c2c1=O. The average Bonchev–Trinajstić information content (AvgIpc) is 3.25. The molecule has 0 aliphatic rings. The smallest absolute Gasteiger partial charge is 0.266 e. The molecule has 2 N–H and O–H groups in total. The van der Waals surface area contributed by atoms with Crippen LogP contribution in [0.1, 0.15) is 11.3 Å². The fourth-order valence-electron chi connectivity index (χ4n) is 4.70. The molecule has 0 radical (unpaired) electrons. The third-order valence-corrected chi connectivity index (χ3v) is 6.40. The molecular formula is C28H20F2N6O. The highest BCUT2D eigenvalue weighted by Gasteiger charge is 2.21. The fourth-order valence-corrected chi connectivity index (χ4v) is 4.70. The third kappa shape index (κ3) is 3.72. The summed E-state index contributed by atoms with van der Waals surface area (Å²) >= 11 is 0. The summed E-state index contributed by atoms with van der Waals surface area (Å²) in [7, 11) is 0. The number of fused-ring (bicyclic) bond motifs is 2. The number of aryl methyl sites for hydroxylation is 1. The zero-order valence-electron chi connectivity index (χ0n) is 19.7. The van der Waals surface area contributed by atoms with Crippen molar-refractivity contribution in [2.24, 2.45) is 0 Å². The van der Waals surface area contributed by atoms with Crippen molar-refractivity contribution < 1.29 is 8.78 Å². The molecule has 6 aromatic rings. The minimum Gasteiger partial charge on any atom is -0.383 e. The summed E-state index contributed by atoms with van der Waals surface area (Å²) in [5, 5.41) is 5.68. The molecule has 3 heterocycles. The second-order valence-corrected chi connectivity index (χ2v) is 8.74. The third-order valence-electron chi connectivity index (χ3n) is 6.40. The Morgan fingerprint density at radius 3 is 2.54 bits per heavy atom. The molecule has 0 bridgehead atoms. The molecule has 9 heteroatoms. The molecule has 3 aromatic heterocycles. The van der Waals surface area contributed by atoms with Crippen molar-refractivity contribution >= 4 is 27.6 Å². The Morgan fingerprint density at radius 1 is 0.919 bits per heavy atom. The lowest BCUT2D eigenvalue weighted by Gasteiger charge is -2.17. The van der Waals surface area contributed by atoms with Crippen LogP contribution < -0.4 is 11.3 Å². The summed E-state index contributed by atoms with van der Waals surface area (Å²) in [5.41, 5.74) is 9.12. The van der Waals surface area contributed by atoms with Gasteiger partial charge in [-0.3, -0.25) is 9.36 Å². The molecule has 0 fully saturated rings. The van der Waals surface area contributed by atoms with Gasteiger partial charge in [0.05, 0.1) is 23.0 Å². The van der Waals surface area contributed by atoms with Crippen molar-refractivity contribution in [2.75, 3.05) is 5.73 Å². The number of nitrogens with zero attached hydrogens (tertiary/aromatic N) is 5. The van der Waals surface area contributed by atoms with Gasteiger partial charge in [-0.15, -0.1) is 0 Å². The van der Waals surface area contributed by atoms with Crippen molar-refractivity contribution in [1.29, 1.82) is 0 Å². The minimum absolute atomic E-state index is 0.00634. The zero-order valence-corrected chi connectivity index (χ0v) is 19.7. The molecule has 0 atom stereocenters. The van der Waals surface area contributed by atoms with E-state index in [-0.39, 0.29) is 17.7 Å². The monoisotopic (exact) mass is 494 g/mol. The summed E-state index contributed by atoms with van der Waals surface area (Å²) in [6.45, 7) is 1.99. The molecule has 182 valence electrons. The van der Waals surface area contributed by atoms with Gasteiger partial charge in [-0.25, -0.2) is 23.4 Å². The first-order valence-electron chi connectivity index (χ1n) is 11.5. The van der Waals surface area contributed by atoms with Gasteiger partial charge in [0, 0.05) is 11.3 Å². The number of halogens is 2. The summed E-state index contributed by atoms with van der Waals surface area (Å²) in [6, 6.07) is 19.7. The first kappa shape index (κ1) is 22.5. The molecule has 3 aromatic carbocycles. The molecule has 0 aliphatic heterocycles. The van der Waals surface area contributed by atoms with E-state index in [1.807, 2.05) is 31.2 Å². The number of nitrogen functional groups attached to an aromatic ring is 1. The second kappa shape index (κ2) is 8.63. The predicted molar refractivity (Wildman–Crippen MR) is 138 cm³/mol. The van der Waals surface area contributed by atoms with E-state index in [1.165, 1.54) is 29.1 Å². The van der Waals surface area contributed by atoms with Crippen LogP contribution in [0.2, 0.25) is 0 Å². The van der Waals surface area contributed by atoms with E-state index < -0.39 is 17.2 Å². The van der Waals surface area contributed by atoms with Crippen LogP contribution in [0.3, 0.4) is 0 Å². The van der Waals surface area contributed by atoms with Crippen LogP contribution in [-0.2, 0) is 6.54 Å². The molecule has 0 spiro atoms. The summed E-state index contributed by atoms with van der Waals surface area (Å²) < 4.78 is 31.9. The van der Waals surface area contributed by atoms with E-state index in [2.05, 4.69) is 9.97 Å². The summed E-state index contributed by atoms with van der Waals surface area (Å²) in [6.07, 6.45) is 1.33. The zero-order chi connectivity index (χ0) is 25.7. The number of nitrogens with two attached hydrogens (primary N) is 1. The van der Waals surface area contributed by atoms with Gasteiger partial charge in [0.1, 0.15) is 29.5 Å². The summed E-state index contributed by atoms with van der Waals surface area (Å²) in [4.78, 5) is 22.2. The number of aromatic nitrogens is 5. The molecular weight excluding hydrogens is 474 g/mol.